The Kier molecular flexibility index (Phi) is 5.61. The molecule has 5 aromatic rings. The maximum atomic E-state index is 6.08. The maximum Gasteiger partial charge on any atom is 0.210 e. The van der Waals surface area contributed by atoms with Crippen LogP contribution in [0.5, 0.6) is 0 Å². The van der Waals surface area contributed by atoms with E-state index in [2.05, 4.69) is 63.0 Å². The van der Waals surface area contributed by atoms with Crippen molar-refractivity contribution in [3.05, 3.63) is 101 Å². The van der Waals surface area contributed by atoms with Gasteiger partial charge in [0, 0.05) is 27.9 Å². The molecular formula is C25H19ClN4S. The van der Waals surface area contributed by atoms with E-state index in [1.165, 1.54) is 27.8 Å². The number of aryl methyl sites for hydroxylation is 2. The van der Waals surface area contributed by atoms with Crippen molar-refractivity contribution in [2.75, 3.05) is 5.32 Å². The Labute approximate surface area is 189 Å². The molecule has 0 spiro atoms. The third-order valence-corrected chi connectivity index (χ3v) is 6.26. The number of para-hydroxylation sites is 1. The highest BCUT2D eigenvalue weighted by atomic mass is 35.5. The molecule has 2 aromatic heterocycles. The van der Waals surface area contributed by atoms with Gasteiger partial charge in [0.25, 0.3) is 0 Å². The van der Waals surface area contributed by atoms with Crippen LogP contribution in [0.4, 0.5) is 10.8 Å². The lowest BCUT2D eigenvalue weighted by molar-refractivity contribution is 0.966. The summed E-state index contributed by atoms with van der Waals surface area (Å²) in [5.41, 5.74) is 5.62. The van der Waals surface area contributed by atoms with Gasteiger partial charge in [0.15, 0.2) is 0 Å². The van der Waals surface area contributed by atoms with Crippen molar-refractivity contribution in [2.45, 2.75) is 12.8 Å². The molecule has 0 saturated heterocycles. The van der Waals surface area contributed by atoms with Crippen LogP contribution < -0.4 is 5.32 Å². The molecule has 5 rings (SSSR count). The topological polar surface area (TPSA) is 50.7 Å². The fourth-order valence-corrected chi connectivity index (χ4v) is 4.68. The minimum atomic E-state index is 0.684. The van der Waals surface area contributed by atoms with Gasteiger partial charge < -0.3 is 5.32 Å². The summed E-state index contributed by atoms with van der Waals surface area (Å²) in [4.78, 5) is 4.47. The molecule has 0 amide bonds. The third kappa shape index (κ3) is 4.43. The van der Waals surface area contributed by atoms with Crippen LogP contribution in [0.3, 0.4) is 0 Å². The van der Waals surface area contributed by atoms with Crippen molar-refractivity contribution >= 4 is 44.7 Å². The second-order valence-corrected chi connectivity index (χ2v) is 8.61. The first-order chi connectivity index (χ1) is 15.3. The van der Waals surface area contributed by atoms with Crippen molar-refractivity contribution in [2.24, 2.45) is 0 Å². The van der Waals surface area contributed by atoms with Crippen LogP contribution in [0.15, 0.2) is 85.1 Å². The minimum absolute atomic E-state index is 0.684. The smallest absolute Gasteiger partial charge is 0.210 e. The number of aromatic nitrogens is 3. The summed E-state index contributed by atoms with van der Waals surface area (Å²) in [7, 11) is 0. The van der Waals surface area contributed by atoms with Gasteiger partial charge in [0.1, 0.15) is 5.01 Å². The molecule has 1 N–H and O–H groups in total. The van der Waals surface area contributed by atoms with Gasteiger partial charge in [-0.2, -0.15) is 0 Å². The quantitative estimate of drug-likeness (QED) is 0.309. The average Bonchev–Trinajstić information content (AvgIpc) is 3.26. The Morgan fingerprint density at radius 2 is 1.65 bits per heavy atom. The Morgan fingerprint density at radius 1 is 0.806 bits per heavy atom. The number of anilines is 2. The van der Waals surface area contributed by atoms with Gasteiger partial charge in [-0.15, -0.1) is 10.2 Å². The van der Waals surface area contributed by atoms with Gasteiger partial charge in [0.2, 0.25) is 5.13 Å². The van der Waals surface area contributed by atoms with Crippen LogP contribution in [0, 0.1) is 0 Å². The molecule has 0 radical (unpaired) electrons. The first-order valence-electron chi connectivity index (χ1n) is 10.0. The number of rotatable bonds is 6. The molecular weight excluding hydrogens is 424 g/mol. The Bertz CT molecular complexity index is 1340. The number of hydrogen-bond acceptors (Lipinski definition) is 5. The maximum absolute atomic E-state index is 6.08. The highest BCUT2D eigenvalue weighted by Crippen LogP contribution is 2.32. The molecule has 0 saturated carbocycles. The molecule has 6 heteroatoms. The molecule has 3 aromatic carbocycles. The zero-order chi connectivity index (χ0) is 21.0. The van der Waals surface area contributed by atoms with E-state index in [4.69, 9.17) is 11.6 Å². The number of pyridine rings is 1. The van der Waals surface area contributed by atoms with E-state index in [1.54, 1.807) is 0 Å². The number of benzene rings is 3. The van der Waals surface area contributed by atoms with Crippen LogP contribution >= 0.6 is 22.9 Å². The Hall–Kier alpha value is -3.28. The lowest BCUT2D eigenvalue weighted by Gasteiger charge is -2.09. The molecule has 0 aliphatic heterocycles. The molecule has 0 unspecified atom stereocenters. The van der Waals surface area contributed by atoms with E-state index >= 15 is 0 Å². The van der Waals surface area contributed by atoms with Crippen molar-refractivity contribution in [1.82, 2.24) is 15.2 Å². The van der Waals surface area contributed by atoms with Gasteiger partial charge in [-0.3, -0.25) is 4.98 Å². The van der Waals surface area contributed by atoms with Gasteiger partial charge in [0.05, 0.1) is 5.52 Å². The second kappa shape index (κ2) is 8.84. The molecule has 152 valence electrons. The zero-order valence-corrected chi connectivity index (χ0v) is 18.2. The minimum Gasteiger partial charge on any atom is -0.330 e. The molecule has 31 heavy (non-hydrogen) atoms. The number of nitrogens with one attached hydrogen (secondary N) is 1. The van der Waals surface area contributed by atoms with Gasteiger partial charge in [-0.25, -0.2) is 0 Å². The second-order valence-electron chi connectivity index (χ2n) is 7.19. The van der Waals surface area contributed by atoms with Gasteiger partial charge in [-0.05, 0) is 54.3 Å². The monoisotopic (exact) mass is 442 g/mol. The predicted molar refractivity (Wildman–Crippen MR) is 129 cm³/mol. The lowest BCUT2D eigenvalue weighted by atomic mass is 9.98. The van der Waals surface area contributed by atoms with Crippen molar-refractivity contribution in [3.63, 3.8) is 0 Å². The molecule has 4 nitrogen and oxygen atoms in total. The molecule has 0 aliphatic carbocycles. The van der Waals surface area contributed by atoms with E-state index in [-0.39, 0.29) is 0 Å². The third-order valence-electron chi connectivity index (χ3n) is 5.15. The van der Waals surface area contributed by atoms with E-state index in [0.29, 0.717) is 5.02 Å². The Morgan fingerprint density at radius 3 is 2.58 bits per heavy atom. The Balaban J connectivity index is 1.38. The van der Waals surface area contributed by atoms with Gasteiger partial charge in [-0.1, -0.05) is 71.5 Å². The standard InChI is InChI=1S/C25H19ClN4S/c26-19-7-5-8-20(16-19)28-25-30-29-24(31-25)22-10-2-1-6-17(22)12-13-18-14-15-27-23-11-4-3-9-21(18)23/h1-11,14-16H,12-13H2,(H,28,30). The first kappa shape index (κ1) is 19.7. The normalized spacial score (nSPS) is 11.0. The summed E-state index contributed by atoms with van der Waals surface area (Å²) < 4.78 is 0. The summed E-state index contributed by atoms with van der Waals surface area (Å²) in [6.45, 7) is 0. The average molecular weight is 443 g/mol. The summed E-state index contributed by atoms with van der Waals surface area (Å²) in [6, 6.07) is 26.4. The van der Waals surface area contributed by atoms with Crippen molar-refractivity contribution in [1.29, 1.82) is 0 Å². The fourth-order valence-electron chi connectivity index (χ4n) is 3.66. The van der Waals surface area contributed by atoms with Crippen LogP contribution in [-0.4, -0.2) is 15.2 Å². The molecule has 0 atom stereocenters. The largest absolute Gasteiger partial charge is 0.330 e. The van der Waals surface area contributed by atoms with E-state index < -0.39 is 0 Å². The summed E-state index contributed by atoms with van der Waals surface area (Å²) in [6.07, 6.45) is 3.75. The van der Waals surface area contributed by atoms with E-state index in [9.17, 15) is 0 Å². The highest BCUT2D eigenvalue weighted by molar-refractivity contribution is 7.18. The van der Waals surface area contributed by atoms with Crippen LogP contribution in [-0.2, 0) is 12.8 Å². The molecule has 0 bridgehead atoms. The summed E-state index contributed by atoms with van der Waals surface area (Å²) in [5.74, 6) is 0. The van der Waals surface area contributed by atoms with Crippen LogP contribution in [0.25, 0.3) is 21.5 Å². The SMILES string of the molecule is Clc1cccc(Nc2nnc(-c3ccccc3CCc3ccnc4ccccc34)s2)c1. The number of hydrogen-bond donors (Lipinski definition) is 1. The molecule has 0 fully saturated rings. The van der Waals surface area contributed by atoms with E-state index in [1.807, 2.05) is 42.6 Å². The number of halogens is 1. The lowest BCUT2D eigenvalue weighted by Crippen LogP contribution is -1.96. The van der Waals surface area contributed by atoms with Gasteiger partial charge >= 0.3 is 0 Å². The predicted octanol–water partition coefficient (Wildman–Crippen LogP) is 6.94. The fraction of sp³-hybridized carbons (Fsp3) is 0.0800. The summed E-state index contributed by atoms with van der Waals surface area (Å²) >= 11 is 7.62. The van der Waals surface area contributed by atoms with Crippen molar-refractivity contribution < 1.29 is 0 Å². The molecule has 2 heterocycles. The van der Waals surface area contributed by atoms with Crippen LogP contribution in [0.1, 0.15) is 11.1 Å². The van der Waals surface area contributed by atoms with Crippen molar-refractivity contribution in [3.8, 4) is 10.6 Å². The number of fused-ring (bicyclic) bond motifs is 1. The number of nitrogens with zero attached hydrogens (tertiary/aromatic N) is 3. The highest BCUT2D eigenvalue weighted by Gasteiger charge is 2.12. The molecule has 0 aliphatic rings. The first-order valence-corrected chi connectivity index (χ1v) is 11.2. The zero-order valence-electron chi connectivity index (χ0n) is 16.6. The summed E-state index contributed by atoms with van der Waals surface area (Å²) in [5, 5.41) is 15.6. The van der Waals surface area contributed by atoms with Crippen LogP contribution in [0.2, 0.25) is 5.02 Å². The van der Waals surface area contributed by atoms with E-state index in [0.717, 1.165) is 39.7 Å².